The Morgan fingerprint density at radius 3 is 2.38 bits per heavy atom. The number of ketones is 1. The third-order valence-electron chi connectivity index (χ3n) is 3.44. The summed E-state index contributed by atoms with van der Waals surface area (Å²) in [6.45, 7) is 6.40. The van der Waals surface area contributed by atoms with E-state index in [1.165, 1.54) is 17.6 Å². The van der Waals surface area contributed by atoms with Crippen molar-refractivity contribution in [2.75, 3.05) is 0 Å². The zero-order chi connectivity index (χ0) is 12.0. The van der Waals surface area contributed by atoms with Gasteiger partial charge in [-0.15, -0.1) is 0 Å². The number of hydrogen-bond acceptors (Lipinski definition) is 1. The summed E-state index contributed by atoms with van der Waals surface area (Å²) in [5.74, 6) is 0.663. The van der Waals surface area contributed by atoms with Gasteiger partial charge in [0.15, 0.2) is 0 Å². The fourth-order valence-electron chi connectivity index (χ4n) is 2.06. The van der Waals surface area contributed by atoms with E-state index in [0.29, 0.717) is 5.78 Å². The first kappa shape index (κ1) is 13.2. The molecule has 0 N–H and O–H groups in total. The van der Waals surface area contributed by atoms with Crippen LogP contribution in [0.3, 0.4) is 0 Å². The standard InChI is InChI=1S/C15H24O/c1-12-6-4-7-13(2)10-11-15(16)14(3)9-5-8-12/h7-8,14H,4-6,9-11H2,1-3H3. The topological polar surface area (TPSA) is 17.1 Å². The molecule has 0 bridgehead atoms. The van der Waals surface area contributed by atoms with Gasteiger partial charge in [0.1, 0.15) is 5.78 Å². The van der Waals surface area contributed by atoms with E-state index in [9.17, 15) is 4.79 Å². The van der Waals surface area contributed by atoms with Crippen molar-refractivity contribution in [2.45, 2.75) is 59.3 Å². The van der Waals surface area contributed by atoms with Gasteiger partial charge < -0.3 is 0 Å². The maximum Gasteiger partial charge on any atom is 0.136 e. The van der Waals surface area contributed by atoms with Gasteiger partial charge in [-0.3, -0.25) is 4.79 Å². The minimum Gasteiger partial charge on any atom is -0.299 e. The predicted octanol–water partition coefficient (Wildman–Crippen LogP) is 4.44. The third kappa shape index (κ3) is 4.78. The van der Waals surface area contributed by atoms with E-state index in [1.54, 1.807) is 0 Å². The molecule has 0 radical (unpaired) electrons. The smallest absolute Gasteiger partial charge is 0.136 e. The van der Waals surface area contributed by atoms with Gasteiger partial charge >= 0.3 is 0 Å². The molecule has 1 heteroatoms. The van der Waals surface area contributed by atoms with Crippen LogP contribution in [0.2, 0.25) is 0 Å². The van der Waals surface area contributed by atoms with Gasteiger partial charge in [0.05, 0.1) is 0 Å². The molecule has 0 aromatic carbocycles. The fraction of sp³-hybridized carbons (Fsp3) is 0.667. The highest BCUT2D eigenvalue weighted by atomic mass is 16.1. The van der Waals surface area contributed by atoms with Crippen LogP contribution in [0.5, 0.6) is 0 Å². The zero-order valence-corrected chi connectivity index (χ0v) is 10.9. The van der Waals surface area contributed by atoms with E-state index in [0.717, 1.165) is 32.1 Å². The molecule has 0 aromatic heterocycles. The summed E-state index contributed by atoms with van der Waals surface area (Å²) in [5.41, 5.74) is 2.83. The van der Waals surface area contributed by atoms with Crippen molar-refractivity contribution in [3.05, 3.63) is 23.3 Å². The SMILES string of the molecule is CC1=CCCC(C)C(=O)CCC(C)=CCC1. The maximum absolute atomic E-state index is 11.8. The highest BCUT2D eigenvalue weighted by Gasteiger charge is 2.12. The summed E-state index contributed by atoms with van der Waals surface area (Å²) in [7, 11) is 0. The second-order valence-corrected chi connectivity index (χ2v) is 5.08. The molecule has 1 unspecified atom stereocenters. The highest BCUT2D eigenvalue weighted by Crippen LogP contribution is 2.17. The van der Waals surface area contributed by atoms with Crippen LogP contribution in [0.25, 0.3) is 0 Å². The lowest BCUT2D eigenvalue weighted by Gasteiger charge is -2.11. The van der Waals surface area contributed by atoms with Crippen molar-refractivity contribution >= 4 is 5.78 Å². The van der Waals surface area contributed by atoms with E-state index < -0.39 is 0 Å². The van der Waals surface area contributed by atoms with Crippen LogP contribution in [-0.2, 0) is 4.79 Å². The van der Waals surface area contributed by atoms with E-state index >= 15 is 0 Å². The molecule has 0 heterocycles. The summed E-state index contributed by atoms with van der Waals surface area (Å²) in [6.07, 6.45) is 10.6. The minimum absolute atomic E-state index is 0.233. The van der Waals surface area contributed by atoms with Gasteiger partial charge in [-0.1, -0.05) is 30.2 Å². The van der Waals surface area contributed by atoms with Crippen molar-refractivity contribution in [2.24, 2.45) is 5.92 Å². The Hall–Kier alpha value is -0.850. The first-order valence-corrected chi connectivity index (χ1v) is 6.43. The number of rotatable bonds is 0. The van der Waals surface area contributed by atoms with Gasteiger partial charge in [0.2, 0.25) is 0 Å². The van der Waals surface area contributed by atoms with Crippen molar-refractivity contribution in [3.63, 3.8) is 0 Å². The Kier molecular flexibility index (Phi) is 5.51. The second-order valence-electron chi connectivity index (χ2n) is 5.08. The molecule has 0 spiro atoms. The Balaban J connectivity index is 2.64. The zero-order valence-electron chi connectivity index (χ0n) is 10.9. The van der Waals surface area contributed by atoms with E-state index in [4.69, 9.17) is 0 Å². The average Bonchev–Trinajstić information content (AvgIpc) is 2.24. The number of carbonyl (C=O) groups is 1. The number of carbonyl (C=O) groups excluding carboxylic acids is 1. The largest absolute Gasteiger partial charge is 0.299 e. The van der Waals surface area contributed by atoms with Gasteiger partial charge in [-0.05, 0) is 46.0 Å². The molecule has 90 valence electrons. The highest BCUT2D eigenvalue weighted by molar-refractivity contribution is 5.80. The average molecular weight is 220 g/mol. The van der Waals surface area contributed by atoms with E-state index in [1.807, 2.05) is 0 Å². The van der Waals surface area contributed by atoms with E-state index in [2.05, 4.69) is 32.9 Å². The summed E-state index contributed by atoms with van der Waals surface area (Å²) in [5, 5.41) is 0. The third-order valence-corrected chi connectivity index (χ3v) is 3.44. The summed E-state index contributed by atoms with van der Waals surface area (Å²) in [6, 6.07) is 0. The predicted molar refractivity (Wildman–Crippen MR) is 69.4 cm³/mol. The molecule has 0 saturated carbocycles. The van der Waals surface area contributed by atoms with Crippen LogP contribution < -0.4 is 0 Å². The lowest BCUT2D eigenvalue weighted by molar-refractivity contribution is -0.122. The fourth-order valence-corrected chi connectivity index (χ4v) is 2.06. The van der Waals surface area contributed by atoms with Crippen LogP contribution in [-0.4, -0.2) is 5.78 Å². The van der Waals surface area contributed by atoms with Crippen molar-refractivity contribution in [1.29, 1.82) is 0 Å². The molecular formula is C15H24O. The molecular weight excluding hydrogens is 196 g/mol. The molecule has 16 heavy (non-hydrogen) atoms. The molecule has 0 amide bonds. The van der Waals surface area contributed by atoms with Crippen molar-refractivity contribution in [1.82, 2.24) is 0 Å². The number of allylic oxidation sites excluding steroid dienone is 4. The molecule has 1 nitrogen and oxygen atoms in total. The Labute approximate surface area is 99.6 Å². The van der Waals surface area contributed by atoms with E-state index in [-0.39, 0.29) is 5.92 Å². The van der Waals surface area contributed by atoms with Crippen LogP contribution in [0, 0.1) is 5.92 Å². The first-order valence-electron chi connectivity index (χ1n) is 6.43. The normalized spacial score (nSPS) is 25.2. The molecule has 0 fully saturated rings. The summed E-state index contributed by atoms with van der Waals surface area (Å²) >= 11 is 0. The van der Waals surface area contributed by atoms with Gasteiger partial charge in [0, 0.05) is 12.3 Å². The molecule has 0 saturated heterocycles. The number of hydrogen-bond donors (Lipinski definition) is 0. The van der Waals surface area contributed by atoms with Crippen LogP contribution >= 0.6 is 0 Å². The van der Waals surface area contributed by atoms with Crippen LogP contribution in [0.1, 0.15) is 59.3 Å². The molecule has 1 aliphatic rings. The Morgan fingerprint density at radius 1 is 1.00 bits per heavy atom. The van der Waals surface area contributed by atoms with Gasteiger partial charge in [-0.2, -0.15) is 0 Å². The Morgan fingerprint density at radius 2 is 1.62 bits per heavy atom. The monoisotopic (exact) mass is 220 g/mol. The Bertz CT molecular complexity index is 297. The van der Waals surface area contributed by atoms with Crippen LogP contribution in [0.4, 0.5) is 0 Å². The first-order chi connectivity index (χ1) is 7.59. The van der Waals surface area contributed by atoms with Crippen molar-refractivity contribution in [3.8, 4) is 0 Å². The quantitative estimate of drug-likeness (QED) is 0.552. The molecule has 0 aliphatic heterocycles. The second kappa shape index (κ2) is 6.67. The molecule has 0 aromatic rings. The van der Waals surface area contributed by atoms with Crippen molar-refractivity contribution < 1.29 is 4.79 Å². The van der Waals surface area contributed by atoms with Crippen LogP contribution in [0.15, 0.2) is 23.3 Å². The molecule has 1 atom stereocenters. The van der Waals surface area contributed by atoms with Gasteiger partial charge in [0.25, 0.3) is 0 Å². The lowest BCUT2D eigenvalue weighted by atomic mass is 9.94. The molecule has 1 rings (SSSR count). The molecule has 1 aliphatic carbocycles. The number of Topliss-reactive ketones (excluding diaryl/α,β-unsaturated/α-hetero) is 1. The summed E-state index contributed by atoms with van der Waals surface area (Å²) < 4.78 is 0. The van der Waals surface area contributed by atoms with Gasteiger partial charge in [-0.25, -0.2) is 0 Å². The minimum atomic E-state index is 0.233. The lowest BCUT2D eigenvalue weighted by Crippen LogP contribution is -2.10. The maximum atomic E-state index is 11.8. The summed E-state index contributed by atoms with van der Waals surface area (Å²) in [4.78, 5) is 11.8.